The van der Waals surface area contributed by atoms with Crippen LogP contribution in [-0.4, -0.2) is 29.0 Å². The van der Waals surface area contributed by atoms with Gasteiger partial charge in [0.1, 0.15) is 5.82 Å². The second-order valence-electron chi connectivity index (χ2n) is 7.60. The number of hydrogen-bond acceptors (Lipinski definition) is 3. The smallest absolute Gasteiger partial charge is 0.268 e. The first-order chi connectivity index (χ1) is 15.4. The van der Waals surface area contributed by atoms with Gasteiger partial charge in [-0.2, -0.15) is 0 Å². The maximum atomic E-state index is 14.0. The van der Waals surface area contributed by atoms with Crippen molar-refractivity contribution in [2.75, 3.05) is 17.2 Å². The second-order valence-corrected chi connectivity index (χ2v) is 9.74. The van der Waals surface area contributed by atoms with Gasteiger partial charge in [0.2, 0.25) is 0 Å². The van der Waals surface area contributed by atoms with Gasteiger partial charge in [-0.3, -0.25) is 9.59 Å². The predicted octanol–water partition coefficient (Wildman–Crippen LogP) is 5.72. The molecule has 2 amide bonds. The molecule has 0 bridgehead atoms. The summed E-state index contributed by atoms with van der Waals surface area (Å²) in [6, 6.07) is 18.1. The summed E-state index contributed by atoms with van der Waals surface area (Å²) in [4.78, 5) is 29.3. The van der Waals surface area contributed by atoms with Crippen molar-refractivity contribution >= 4 is 52.5 Å². The van der Waals surface area contributed by atoms with E-state index in [4.69, 9.17) is 23.2 Å². The molecule has 1 saturated heterocycles. The summed E-state index contributed by atoms with van der Waals surface area (Å²) in [6.07, 6.45) is 0. The van der Waals surface area contributed by atoms with E-state index in [1.54, 1.807) is 35.2 Å². The van der Waals surface area contributed by atoms with Gasteiger partial charge in [-0.25, -0.2) is 4.39 Å². The first-order valence-corrected chi connectivity index (χ1v) is 11.7. The van der Waals surface area contributed by atoms with Crippen LogP contribution in [0.1, 0.15) is 21.5 Å². The van der Waals surface area contributed by atoms with Crippen LogP contribution >= 0.6 is 35.0 Å². The summed E-state index contributed by atoms with van der Waals surface area (Å²) in [5.41, 5.74) is 2.35. The number of hydrogen-bond donors (Lipinski definition) is 0. The molecule has 0 N–H and O–H groups in total. The van der Waals surface area contributed by atoms with Crippen molar-refractivity contribution in [2.45, 2.75) is 11.4 Å². The topological polar surface area (TPSA) is 40.6 Å². The highest BCUT2D eigenvalue weighted by Crippen LogP contribution is 2.55. The average molecular weight is 487 g/mol. The fourth-order valence-corrected chi connectivity index (χ4v) is 6.14. The summed E-state index contributed by atoms with van der Waals surface area (Å²) in [7, 11) is 0. The molecular weight excluding hydrogens is 470 g/mol. The van der Waals surface area contributed by atoms with Gasteiger partial charge in [0, 0.05) is 33.5 Å². The molecule has 1 fully saturated rings. The van der Waals surface area contributed by atoms with E-state index < -0.39 is 16.6 Å². The molecule has 0 aliphatic carbocycles. The molecule has 1 spiro atoms. The van der Waals surface area contributed by atoms with Gasteiger partial charge in [-0.15, -0.1) is 11.8 Å². The molecule has 2 aliphatic heterocycles. The van der Waals surface area contributed by atoms with Crippen molar-refractivity contribution in [3.05, 3.63) is 99.3 Å². The number of rotatable bonds is 3. The maximum Gasteiger partial charge on any atom is 0.268 e. The third kappa shape index (κ3) is 3.29. The molecule has 0 radical (unpaired) electrons. The number of anilines is 1. The fourth-order valence-electron chi connectivity index (χ4n) is 4.32. The molecule has 5 rings (SSSR count). The molecule has 1 atom stereocenters. The van der Waals surface area contributed by atoms with Crippen LogP contribution in [0.5, 0.6) is 0 Å². The molecule has 0 saturated carbocycles. The Morgan fingerprint density at radius 2 is 1.88 bits per heavy atom. The Morgan fingerprint density at radius 1 is 1.06 bits per heavy atom. The Morgan fingerprint density at radius 3 is 2.66 bits per heavy atom. The number of amides is 2. The minimum Gasteiger partial charge on any atom is -0.311 e. The summed E-state index contributed by atoms with van der Waals surface area (Å²) in [5, 5.41) is 1.03. The molecule has 3 aromatic carbocycles. The number of thioether (sulfide) groups is 1. The van der Waals surface area contributed by atoms with Crippen LogP contribution in [0.4, 0.5) is 10.1 Å². The Kier molecular flexibility index (Phi) is 5.40. The van der Waals surface area contributed by atoms with Gasteiger partial charge in [-0.1, -0.05) is 47.5 Å². The number of fused-ring (bicyclic) bond motifs is 2. The molecule has 2 heterocycles. The van der Waals surface area contributed by atoms with Gasteiger partial charge in [0.25, 0.3) is 11.8 Å². The van der Waals surface area contributed by atoms with E-state index in [0.29, 0.717) is 33.6 Å². The Bertz CT molecular complexity index is 1250. The molecule has 8 heteroatoms. The van der Waals surface area contributed by atoms with Crippen molar-refractivity contribution < 1.29 is 14.0 Å². The first-order valence-electron chi connectivity index (χ1n) is 9.99. The van der Waals surface area contributed by atoms with Gasteiger partial charge in [-0.05, 0) is 48.0 Å². The minimum atomic E-state index is -1.26. The average Bonchev–Trinajstić information content (AvgIpc) is 3.32. The number of halogens is 3. The van der Waals surface area contributed by atoms with Crippen LogP contribution in [-0.2, 0) is 16.2 Å². The molecule has 4 nitrogen and oxygen atoms in total. The van der Waals surface area contributed by atoms with Crippen LogP contribution < -0.4 is 4.90 Å². The van der Waals surface area contributed by atoms with E-state index in [0.717, 1.165) is 5.56 Å². The van der Waals surface area contributed by atoms with Gasteiger partial charge < -0.3 is 9.80 Å². The zero-order valence-corrected chi connectivity index (χ0v) is 19.1. The quantitative estimate of drug-likeness (QED) is 0.475. The number of carbonyl (C=O) groups excluding carboxylic acids is 2. The van der Waals surface area contributed by atoms with Crippen LogP contribution in [0, 0.1) is 5.82 Å². The van der Waals surface area contributed by atoms with Crippen LogP contribution in [0.3, 0.4) is 0 Å². The SMILES string of the molecule is O=C(c1cccc(F)c1)N1CCSC12C(=O)N(Cc1ccccc1Cl)c1ccc(Cl)cc12. The predicted molar refractivity (Wildman–Crippen MR) is 126 cm³/mol. The standard InChI is InChI=1S/C24H17Cl2FN2O2S/c25-17-8-9-21-19(13-17)24(23(31)28(21)14-16-4-1-2-7-20(16)26)29(10-11-32-24)22(30)15-5-3-6-18(27)12-15/h1-9,12-13H,10-11,14H2. The lowest BCUT2D eigenvalue weighted by atomic mass is 10.0. The zero-order valence-electron chi connectivity index (χ0n) is 16.7. The highest BCUT2D eigenvalue weighted by molar-refractivity contribution is 8.01. The van der Waals surface area contributed by atoms with Crippen LogP contribution in [0.15, 0.2) is 66.7 Å². The van der Waals surface area contributed by atoms with E-state index in [2.05, 4.69) is 0 Å². The lowest BCUT2D eigenvalue weighted by Crippen LogP contribution is -2.50. The molecule has 162 valence electrons. The van der Waals surface area contributed by atoms with Crippen molar-refractivity contribution in [2.24, 2.45) is 0 Å². The van der Waals surface area contributed by atoms with Crippen molar-refractivity contribution in [1.82, 2.24) is 4.90 Å². The van der Waals surface area contributed by atoms with Gasteiger partial charge in [0.15, 0.2) is 4.87 Å². The van der Waals surface area contributed by atoms with Crippen molar-refractivity contribution in [3.8, 4) is 0 Å². The largest absolute Gasteiger partial charge is 0.311 e. The number of nitrogens with zero attached hydrogens (tertiary/aromatic N) is 2. The Balaban J connectivity index is 1.61. The molecule has 1 unspecified atom stereocenters. The first kappa shape index (κ1) is 21.3. The van der Waals surface area contributed by atoms with Gasteiger partial charge in [0.05, 0.1) is 12.2 Å². The molecule has 3 aromatic rings. The van der Waals surface area contributed by atoms with E-state index >= 15 is 0 Å². The summed E-state index contributed by atoms with van der Waals surface area (Å²) in [6.45, 7) is 0.620. The third-order valence-corrected chi connectivity index (χ3v) is 7.78. The highest BCUT2D eigenvalue weighted by Gasteiger charge is 2.59. The number of carbonyl (C=O) groups is 2. The lowest BCUT2D eigenvalue weighted by Gasteiger charge is -2.33. The summed E-state index contributed by atoms with van der Waals surface area (Å²) >= 11 is 14.1. The minimum absolute atomic E-state index is 0.202. The van der Waals surface area contributed by atoms with Crippen LogP contribution in [0.25, 0.3) is 0 Å². The van der Waals surface area contributed by atoms with Crippen molar-refractivity contribution in [3.63, 3.8) is 0 Å². The van der Waals surface area contributed by atoms with E-state index in [-0.39, 0.29) is 18.0 Å². The Labute approximate surface area is 198 Å². The molecular formula is C24H17Cl2FN2O2S. The number of benzene rings is 3. The zero-order chi connectivity index (χ0) is 22.5. The fraction of sp³-hybridized carbons (Fsp3) is 0.167. The highest BCUT2D eigenvalue weighted by atomic mass is 35.5. The second kappa shape index (κ2) is 8.10. The molecule has 2 aliphatic rings. The van der Waals surface area contributed by atoms with E-state index in [1.807, 2.05) is 18.2 Å². The summed E-state index contributed by atoms with van der Waals surface area (Å²) in [5.74, 6) is -0.563. The maximum absolute atomic E-state index is 14.0. The lowest BCUT2D eigenvalue weighted by molar-refractivity contribution is -0.123. The van der Waals surface area contributed by atoms with E-state index in [1.165, 1.54) is 34.9 Å². The summed E-state index contributed by atoms with van der Waals surface area (Å²) < 4.78 is 13.8. The normalized spacial score (nSPS) is 19.7. The molecule has 0 aromatic heterocycles. The monoisotopic (exact) mass is 486 g/mol. The van der Waals surface area contributed by atoms with Crippen LogP contribution in [0.2, 0.25) is 10.0 Å². The van der Waals surface area contributed by atoms with E-state index in [9.17, 15) is 14.0 Å². The molecule has 32 heavy (non-hydrogen) atoms. The van der Waals surface area contributed by atoms with Gasteiger partial charge >= 0.3 is 0 Å². The van der Waals surface area contributed by atoms with Crippen molar-refractivity contribution in [1.29, 1.82) is 0 Å². The Hall–Kier alpha value is -2.54. The third-order valence-electron chi connectivity index (χ3n) is 5.76.